The Hall–Kier alpha value is 0.190. The van der Waals surface area contributed by atoms with Gasteiger partial charge in [-0.05, 0) is 35.5 Å². The molecule has 0 aliphatic carbocycles. The maximum atomic E-state index is 11.8. The lowest BCUT2D eigenvalue weighted by atomic mass is 10.2. The number of carbonyl (C=O) groups excluding carboxylic acids is 1. The molecule has 1 amide bonds. The first-order valence-corrected chi connectivity index (χ1v) is 8.14. The summed E-state index contributed by atoms with van der Waals surface area (Å²) in [6.07, 6.45) is 3.36. The number of amides is 1. The number of hydrogen-bond acceptors (Lipinski definition) is 1. The van der Waals surface area contributed by atoms with Gasteiger partial charge < -0.3 is 5.32 Å². The van der Waals surface area contributed by atoms with Crippen LogP contribution in [0.15, 0.2) is 22.7 Å². The molecule has 94 valence electrons. The Morgan fingerprint density at radius 1 is 1.35 bits per heavy atom. The summed E-state index contributed by atoms with van der Waals surface area (Å²) in [5, 5.41) is 3.36. The Balaban J connectivity index is 2.44. The fraction of sp³-hybridized carbons (Fsp3) is 0.417. The molecule has 5 heteroatoms. The molecule has 1 rings (SSSR count). The van der Waals surface area contributed by atoms with Crippen LogP contribution < -0.4 is 5.32 Å². The van der Waals surface area contributed by atoms with Crippen molar-refractivity contribution < 1.29 is 4.79 Å². The van der Waals surface area contributed by atoms with Gasteiger partial charge in [0.15, 0.2) is 0 Å². The van der Waals surface area contributed by atoms with Crippen molar-refractivity contribution in [3.63, 3.8) is 0 Å². The second-order valence-electron chi connectivity index (χ2n) is 3.63. The minimum absolute atomic E-state index is 0.106. The lowest BCUT2D eigenvalue weighted by molar-refractivity contribution is 0.0953. The Morgan fingerprint density at radius 3 is 2.82 bits per heavy atom. The number of halogens is 3. The summed E-state index contributed by atoms with van der Waals surface area (Å²) < 4.78 is 2.03. The standard InChI is InChI=1S/C12H14BrClINO/c13-9-4-5-11(14)10(8-9)12(17)16-7-3-1-2-6-15/h4-5,8H,1-3,6-7H2,(H,16,17). The van der Waals surface area contributed by atoms with Gasteiger partial charge in [0.1, 0.15) is 0 Å². The molecule has 0 saturated carbocycles. The molecule has 0 atom stereocenters. The van der Waals surface area contributed by atoms with Crippen LogP contribution in [0, 0.1) is 0 Å². The first-order valence-electron chi connectivity index (χ1n) is 5.44. The molecule has 1 aromatic carbocycles. The quantitative estimate of drug-likeness (QED) is 0.404. The Bertz CT molecular complexity index is 387. The topological polar surface area (TPSA) is 29.1 Å². The molecule has 0 aliphatic heterocycles. The van der Waals surface area contributed by atoms with Crippen LogP contribution in [0.1, 0.15) is 29.6 Å². The molecule has 1 N–H and O–H groups in total. The lowest BCUT2D eigenvalue weighted by Gasteiger charge is -2.06. The van der Waals surface area contributed by atoms with Gasteiger partial charge in [-0.15, -0.1) is 0 Å². The highest BCUT2D eigenvalue weighted by atomic mass is 127. The van der Waals surface area contributed by atoms with Gasteiger partial charge in [0, 0.05) is 11.0 Å². The van der Waals surface area contributed by atoms with E-state index < -0.39 is 0 Å². The van der Waals surface area contributed by atoms with Crippen LogP contribution in [0.2, 0.25) is 5.02 Å². The normalized spacial score (nSPS) is 10.3. The average molecular weight is 431 g/mol. The fourth-order valence-electron chi connectivity index (χ4n) is 1.36. The molecule has 0 saturated heterocycles. The summed E-state index contributed by atoms with van der Waals surface area (Å²) in [6, 6.07) is 5.28. The molecule has 17 heavy (non-hydrogen) atoms. The second-order valence-corrected chi connectivity index (χ2v) is 6.03. The van der Waals surface area contributed by atoms with Crippen molar-refractivity contribution in [1.82, 2.24) is 5.32 Å². The van der Waals surface area contributed by atoms with Crippen molar-refractivity contribution >= 4 is 56.0 Å². The maximum absolute atomic E-state index is 11.8. The fourth-order valence-corrected chi connectivity index (χ4v) is 2.47. The van der Waals surface area contributed by atoms with E-state index in [-0.39, 0.29) is 5.91 Å². The number of carbonyl (C=O) groups is 1. The largest absolute Gasteiger partial charge is 0.352 e. The zero-order valence-corrected chi connectivity index (χ0v) is 13.8. The van der Waals surface area contributed by atoms with Gasteiger partial charge >= 0.3 is 0 Å². The highest BCUT2D eigenvalue weighted by molar-refractivity contribution is 14.1. The van der Waals surface area contributed by atoms with E-state index in [1.54, 1.807) is 12.1 Å². The second kappa shape index (κ2) is 8.32. The van der Waals surface area contributed by atoms with Gasteiger partial charge in [-0.1, -0.05) is 56.5 Å². The molecule has 0 heterocycles. The summed E-state index contributed by atoms with van der Waals surface area (Å²) >= 11 is 11.7. The zero-order valence-electron chi connectivity index (χ0n) is 9.31. The molecule has 0 unspecified atom stereocenters. The zero-order chi connectivity index (χ0) is 12.7. The van der Waals surface area contributed by atoms with Crippen molar-refractivity contribution in [3.05, 3.63) is 33.3 Å². The number of benzene rings is 1. The van der Waals surface area contributed by atoms with Crippen molar-refractivity contribution in [2.24, 2.45) is 0 Å². The number of alkyl halides is 1. The van der Waals surface area contributed by atoms with Gasteiger partial charge in [-0.25, -0.2) is 0 Å². The third-order valence-corrected chi connectivity index (χ3v) is 3.85. The first-order chi connectivity index (χ1) is 8.15. The van der Waals surface area contributed by atoms with Crippen LogP contribution in [0.25, 0.3) is 0 Å². The van der Waals surface area contributed by atoms with Gasteiger partial charge in [-0.2, -0.15) is 0 Å². The molecule has 0 fully saturated rings. The van der Waals surface area contributed by atoms with Gasteiger partial charge in [0.2, 0.25) is 0 Å². The molecule has 0 radical (unpaired) electrons. The summed E-state index contributed by atoms with van der Waals surface area (Å²) in [5.74, 6) is -0.106. The Labute approximate surface area is 129 Å². The molecular formula is C12H14BrClINO. The SMILES string of the molecule is O=C(NCCCCCI)c1cc(Br)ccc1Cl. The van der Waals surface area contributed by atoms with Crippen LogP contribution >= 0.6 is 50.1 Å². The van der Waals surface area contributed by atoms with Crippen LogP contribution in [0.3, 0.4) is 0 Å². The first kappa shape index (κ1) is 15.2. The van der Waals surface area contributed by atoms with E-state index in [9.17, 15) is 4.79 Å². The molecule has 0 spiro atoms. The highest BCUT2D eigenvalue weighted by Gasteiger charge is 2.09. The molecule has 0 bridgehead atoms. The summed E-state index contributed by atoms with van der Waals surface area (Å²) in [5.41, 5.74) is 0.523. The van der Waals surface area contributed by atoms with E-state index >= 15 is 0 Å². The van der Waals surface area contributed by atoms with E-state index in [0.29, 0.717) is 17.1 Å². The van der Waals surface area contributed by atoms with E-state index in [0.717, 1.165) is 17.3 Å². The monoisotopic (exact) mass is 429 g/mol. The average Bonchev–Trinajstić information content (AvgIpc) is 2.32. The minimum atomic E-state index is -0.106. The Kier molecular flexibility index (Phi) is 7.46. The van der Waals surface area contributed by atoms with Crippen LogP contribution in [0.5, 0.6) is 0 Å². The molecule has 1 aromatic rings. The molecule has 0 aliphatic rings. The number of nitrogens with one attached hydrogen (secondary N) is 1. The van der Waals surface area contributed by atoms with Gasteiger partial charge in [0.25, 0.3) is 5.91 Å². The lowest BCUT2D eigenvalue weighted by Crippen LogP contribution is -2.24. The minimum Gasteiger partial charge on any atom is -0.352 e. The highest BCUT2D eigenvalue weighted by Crippen LogP contribution is 2.20. The van der Waals surface area contributed by atoms with E-state index in [4.69, 9.17) is 11.6 Å². The molecule has 2 nitrogen and oxygen atoms in total. The van der Waals surface area contributed by atoms with Crippen molar-refractivity contribution in [1.29, 1.82) is 0 Å². The van der Waals surface area contributed by atoms with Crippen molar-refractivity contribution in [3.8, 4) is 0 Å². The maximum Gasteiger partial charge on any atom is 0.252 e. The number of hydrogen-bond donors (Lipinski definition) is 1. The Morgan fingerprint density at radius 2 is 2.12 bits per heavy atom. The van der Waals surface area contributed by atoms with Crippen LogP contribution in [0.4, 0.5) is 0 Å². The number of unbranched alkanes of at least 4 members (excludes halogenated alkanes) is 2. The van der Waals surface area contributed by atoms with Crippen molar-refractivity contribution in [2.45, 2.75) is 19.3 Å². The summed E-state index contributed by atoms with van der Waals surface area (Å²) in [6.45, 7) is 0.707. The van der Waals surface area contributed by atoms with Gasteiger partial charge in [-0.3, -0.25) is 4.79 Å². The van der Waals surface area contributed by atoms with Crippen molar-refractivity contribution in [2.75, 3.05) is 11.0 Å². The smallest absolute Gasteiger partial charge is 0.252 e. The predicted molar refractivity (Wildman–Crippen MR) is 84.2 cm³/mol. The number of rotatable bonds is 6. The third-order valence-electron chi connectivity index (χ3n) is 2.27. The molecule has 0 aromatic heterocycles. The van der Waals surface area contributed by atoms with Gasteiger partial charge in [0.05, 0.1) is 10.6 Å². The third kappa shape index (κ3) is 5.57. The van der Waals surface area contributed by atoms with Crippen LogP contribution in [-0.4, -0.2) is 16.9 Å². The van der Waals surface area contributed by atoms with E-state index in [2.05, 4.69) is 43.8 Å². The van der Waals surface area contributed by atoms with E-state index in [1.807, 2.05) is 6.07 Å². The summed E-state index contributed by atoms with van der Waals surface area (Å²) in [7, 11) is 0. The summed E-state index contributed by atoms with van der Waals surface area (Å²) in [4.78, 5) is 11.8. The predicted octanol–water partition coefficient (Wildman–Crippen LogP) is 4.44. The molecular weight excluding hydrogens is 416 g/mol. The van der Waals surface area contributed by atoms with Crippen LogP contribution in [-0.2, 0) is 0 Å². The van der Waals surface area contributed by atoms with E-state index in [1.165, 1.54) is 10.8 Å².